The molecule has 40 heavy (non-hydrogen) atoms. The SMILES string of the molecule is COC(=O)C1CCN(Cc2ccc(-c3cc4nccc(Oc5ccc(NC(=O)NC6CC6)cc5F)c4s3)nc2)C1. The highest BCUT2D eigenvalue weighted by molar-refractivity contribution is 7.22. The van der Waals surface area contributed by atoms with E-state index in [0.717, 1.165) is 58.7 Å². The van der Waals surface area contributed by atoms with Crippen molar-refractivity contribution in [3.8, 4) is 22.1 Å². The lowest BCUT2D eigenvalue weighted by Gasteiger charge is -2.15. The fourth-order valence-electron chi connectivity index (χ4n) is 4.74. The number of nitrogens with one attached hydrogen (secondary N) is 2. The number of benzene rings is 1. The van der Waals surface area contributed by atoms with Gasteiger partial charge in [-0.3, -0.25) is 19.7 Å². The number of methoxy groups -OCH3 is 1. The zero-order valence-corrected chi connectivity index (χ0v) is 22.7. The zero-order chi connectivity index (χ0) is 27.6. The smallest absolute Gasteiger partial charge is 0.319 e. The Balaban J connectivity index is 1.14. The van der Waals surface area contributed by atoms with E-state index in [1.807, 2.05) is 24.4 Å². The molecule has 0 radical (unpaired) electrons. The van der Waals surface area contributed by atoms with E-state index >= 15 is 0 Å². The standard InChI is InChI=1S/C29H28FN5O4S/c1-38-28(36)18-9-11-35(16-18)15-17-2-6-22(32-14-17)26-13-23-27(40-26)25(8-10-31-23)39-24-7-5-20(12-21(24)30)34-29(37)33-19-3-4-19/h2,5-8,10,12-14,18-19H,3-4,9,11,15-16H2,1H3,(H2,33,34,37). The minimum absolute atomic E-state index is 0.0504. The summed E-state index contributed by atoms with van der Waals surface area (Å²) in [4.78, 5) is 36.0. The quantitative estimate of drug-likeness (QED) is 0.271. The highest BCUT2D eigenvalue weighted by Gasteiger charge is 2.29. The summed E-state index contributed by atoms with van der Waals surface area (Å²) in [7, 11) is 1.43. The molecule has 0 spiro atoms. The topological polar surface area (TPSA) is 106 Å². The molecule has 1 aliphatic heterocycles. The van der Waals surface area contributed by atoms with E-state index in [-0.39, 0.29) is 29.7 Å². The van der Waals surface area contributed by atoms with Gasteiger partial charge in [-0.25, -0.2) is 9.18 Å². The number of hydrogen-bond donors (Lipinski definition) is 2. The number of thiophene rings is 1. The maximum absolute atomic E-state index is 14.8. The van der Waals surface area contributed by atoms with Crippen LogP contribution in [0.1, 0.15) is 24.8 Å². The summed E-state index contributed by atoms with van der Waals surface area (Å²) in [6.45, 7) is 2.26. The number of carbonyl (C=O) groups excluding carboxylic acids is 2. The molecule has 2 amide bonds. The lowest BCUT2D eigenvalue weighted by Crippen LogP contribution is -2.30. The molecule has 1 atom stereocenters. The summed E-state index contributed by atoms with van der Waals surface area (Å²) >= 11 is 1.47. The van der Waals surface area contributed by atoms with Gasteiger partial charge in [0.25, 0.3) is 0 Å². The maximum atomic E-state index is 14.8. The van der Waals surface area contributed by atoms with Gasteiger partial charge in [-0.05, 0) is 55.6 Å². The molecule has 6 rings (SSSR count). The molecule has 4 heterocycles. The third-order valence-corrected chi connectivity index (χ3v) is 8.15. The molecule has 2 fully saturated rings. The normalized spacial score (nSPS) is 17.1. The Morgan fingerprint density at radius 3 is 2.73 bits per heavy atom. The summed E-state index contributed by atoms with van der Waals surface area (Å²) in [5, 5.41) is 5.45. The number of likely N-dealkylation sites (tertiary alicyclic amines) is 1. The van der Waals surface area contributed by atoms with Crippen LogP contribution in [-0.4, -0.2) is 53.1 Å². The van der Waals surface area contributed by atoms with Crippen molar-refractivity contribution in [2.75, 3.05) is 25.5 Å². The zero-order valence-electron chi connectivity index (χ0n) is 21.9. The number of carbonyl (C=O) groups is 2. The van der Waals surface area contributed by atoms with Crippen LogP contribution in [0.25, 0.3) is 20.8 Å². The number of rotatable bonds is 8. The molecule has 9 nitrogen and oxygen atoms in total. The average Bonchev–Trinajstić information content (AvgIpc) is 3.45. The van der Waals surface area contributed by atoms with E-state index in [0.29, 0.717) is 18.0 Å². The number of esters is 1. The summed E-state index contributed by atoms with van der Waals surface area (Å²) < 4.78 is 26.4. The molecule has 3 aromatic heterocycles. The highest BCUT2D eigenvalue weighted by atomic mass is 32.1. The van der Waals surface area contributed by atoms with E-state index in [1.54, 1.807) is 18.3 Å². The number of halogens is 1. The van der Waals surface area contributed by atoms with Gasteiger partial charge in [0.15, 0.2) is 11.6 Å². The van der Waals surface area contributed by atoms with Crippen molar-refractivity contribution in [3.05, 3.63) is 66.2 Å². The second-order valence-corrected chi connectivity index (χ2v) is 11.1. The van der Waals surface area contributed by atoms with Crippen LogP contribution >= 0.6 is 11.3 Å². The minimum Gasteiger partial charge on any atom is -0.469 e. The molecule has 1 aliphatic carbocycles. The number of fused-ring (bicyclic) bond motifs is 1. The largest absolute Gasteiger partial charge is 0.469 e. The van der Waals surface area contributed by atoms with Gasteiger partial charge in [0.2, 0.25) is 0 Å². The van der Waals surface area contributed by atoms with Gasteiger partial charge in [-0.15, -0.1) is 11.3 Å². The van der Waals surface area contributed by atoms with Crippen LogP contribution < -0.4 is 15.4 Å². The molecule has 1 aromatic carbocycles. The van der Waals surface area contributed by atoms with Gasteiger partial charge in [-0.1, -0.05) is 6.07 Å². The Labute approximate surface area is 234 Å². The van der Waals surface area contributed by atoms with Crippen LogP contribution in [0.15, 0.2) is 54.9 Å². The van der Waals surface area contributed by atoms with Gasteiger partial charge in [-0.2, -0.15) is 0 Å². The fraction of sp³-hybridized carbons (Fsp3) is 0.310. The Morgan fingerprint density at radius 2 is 1.98 bits per heavy atom. The van der Waals surface area contributed by atoms with Crippen molar-refractivity contribution >= 4 is 39.2 Å². The van der Waals surface area contributed by atoms with Crippen molar-refractivity contribution in [3.63, 3.8) is 0 Å². The van der Waals surface area contributed by atoms with Crippen molar-refractivity contribution in [2.24, 2.45) is 5.92 Å². The number of amides is 2. The average molecular weight is 562 g/mol. The van der Waals surface area contributed by atoms with Gasteiger partial charge < -0.3 is 20.1 Å². The number of urea groups is 1. The number of nitrogens with zero attached hydrogens (tertiary/aromatic N) is 3. The second kappa shape index (κ2) is 11.2. The molecular formula is C29H28FN5O4S. The van der Waals surface area contributed by atoms with Crippen LogP contribution in [-0.2, 0) is 16.1 Å². The first kappa shape index (κ1) is 26.1. The van der Waals surface area contributed by atoms with Crippen molar-refractivity contribution in [1.29, 1.82) is 0 Å². The predicted molar refractivity (Wildman–Crippen MR) is 150 cm³/mol. The Morgan fingerprint density at radius 1 is 1.10 bits per heavy atom. The van der Waals surface area contributed by atoms with Gasteiger partial charge in [0, 0.05) is 49.3 Å². The Hall–Kier alpha value is -4.09. The van der Waals surface area contributed by atoms with Gasteiger partial charge in [0.05, 0.1) is 33.8 Å². The molecule has 11 heteroatoms. The molecular weight excluding hydrogens is 533 g/mol. The summed E-state index contributed by atoms with van der Waals surface area (Å²) in [5.74, 6) is -0.268. The lowest BCUT2D eigenvalue weighted by atomic mass is 10.1. The molecule has 0 bridgehead atoms. The molecule has 4 aromatic rings. The first-order valence-electron chi connectivity index (χ1n) is 13.1. The summed E-state index contributed by atoms with van der Waals surface area (Å²) in [6, 6.07) is 11.9. The van der Waals surface area contributed by atoms with Crippen LogP contribution in [0.5, 0.6) is 11.5 Å². The van der Waals surface area contributed by atoms with Crippen LogP contribution in [0.4, 0.5) is 14.9 Å². The van der Waals surface area contributed by atoms with E-state index in [1.165, 1.54) is 30.6 Å². The van der Waals surface area contributed by atoms with Gasteiger partial charge >= 0.3 is 12.0 Å². The van der Waals surface area contributed by atoms with Gasteiger partial charge in [0.1, 0.15) is 5.75 Å². The lowest BCUT2D eigenvalue weighted by molar-refractivity contribution is -0.144. The van der Waals surface area contributed by atoms with E-state index in [4.69, 9.17) is 9.47 Å². The van der Waals surface area contributed by atoms with E-state index < -0.39 is 5.82 Å². The molecule has 2 aliphatic rings. The van der Waals surface area contributed by atoms with Crippen LogP contribution in [0, 0.1) is 11.7 Å². The molecule has 1 unspecified atom stereocenters. The van der Waals surface area contributed by atoms with Crippen molar-refractivity contribution in [2.45, 2.75) is 31.8 Å². The van der Waals surface area contributed by atoms with E-state index in [9.17, 15) is 14.0 Å². The number of pyridine rings is 2. The Bertz CT molecular complexity index is 1560. The fourth-order valence-corrected chi connectivity index (χ4v) is 5.78. The summed E-state index contributed by atoms with van der Waals surface area (Å²) in [6.07, 6.45) is 6.23. The van der Waals surface area contributed by atoms with E-state index in [2.05, 4.69) is 25.5 Å². The van der Waals surface area contributed by atoms with Crippen molar-refractivity contribution in [1.82, 2.24) is 20.2 Å². The van der Waals surface area contributed by atoms with Crippen LogP contribution in [0.3, 0.4) is 0 Å². The summed E-state index contributed by atoms with van der Waals surface area (Å²) in [5.41, 5.74) is 2.95. The molecule has 1 saturated carbocycles. The number of ether oxygens (including phenoxy) is 2. The maximum Gasteiger partial charge on any atom is 0.319 e. The first-order chi connectivity index (χ1) is 19.4. The third kappa shape index (κ3) is 5.90. The third-order valence-electron chi connectivity index (χ3n) is 6.99. The molecule has 206 valence electrons. The number of aromatic nitrogens is 2. The van der Waals surface area contributed by atoms with Crippen molar-refractivity contribution < 1.29 is 23.5 Å². The monoisotopic (exact) mass is 561 g/mol. The Kier molecular flexibility index (Phi) is 7.31. The predicted octanol–water partition coefficient (Wildman–Crippen LogP) is 5.57. The first-order valence-corrected chi connectivity index (χ1v) is 14.0. The molecule has 2 N–H and O–H groups in total. The second-order valence-electron chi connectivity index (χ2n) is 10.0. The molecule has 1 saturated heterocycles. The minimum atomic E-state index is -0.584. The number of anilines is 1. The highest BCUT2D eigenvalue weighted by Crippen LogP contribution is 2.39. The number of hydrogen-bond acceptors (Lipinski definition) is 8. The van der Waals surface area contributed by atoms with Crippen LogP contribution in [0.2, 0.25) is 0 Å².